The van der Waals surface area contributed by atoms with Crippen LogP contribution in [-0.2, 0) is 0 Å². The van der Waals surface area contributed by atoms with Crippen LogP contribution in [0.25, 0.3) is 0 Å². The molecule has 0 radical (unpaired) electrons. The molecule has 1 atom stereocenters. The van der Waals surface area contributed by atoms with Gasteiger partial charge in [-0.2, -0.15) is 0 Å². The summed E-state index contributed by atoms with van der Waals surface area (Å²) < 4.78 is 0. The fraction of sp³-hybridized carbons (Fsp3) is 0.143. The van der Waals surface area contributed by atoms with E-state index in [2.05, 4.69) is 43.2 Å². The zero-order valence-corrected chi connectivity index (χ0v) is 12.3. The predicted molar refractivity (Wildman–Crippen MR) is 91.2 cm³/mol. The molecule has 0 aliphatic carbocycles. The van der Waals surface area contributed by atoms with E-state index in [0.29, 0.717) is 5.92 Å². The van der Waals surface area contributed by atoms with Gasteiger partial charge >= 0.3 is 0 Å². The van der Waals surface area contributed by atoms with Gasteiger partial charge in [0, 0.05) is 17.0 Å². The zero-order chi connectivity index (χ0) is 14.9. The van der Waals surface area contributed by atoms with E-state index in [1.807, 2.05) is 48.6 Å². The molecule has 0 fully saturated rings. The molecular formula is C21H20. The van der Waals surface area contributed by atoms with Crippen molar-refractivity contribution in [3.8, 4) is 11.8 Å². The van der Waals surface area contributed by atoms with E-state index in [0.717, 1.165) is 24.0 Å². The molecule has 104 valence electrons. The largest absolute Gasteiger partial charge is 0.103 e. The van der Waals surface area contributed by atoms with Crippen LogP contribution in [0.2, 0.25) is 0 Å². The lowest BCUT2D eigenvalue weighted by Crippen LogP contribution is -1.98. The van der Waals surface area contributed by atoms with Crippen LogP contribution in [0.15, 0.2) is 79.9 Å². The lowest BCUT2D eigenvalue weighted by atomic mass is 9.90. The van der Waals surface area contributed by atoms with Gasteiger partial charge in [0.2, 0.25) is 0 Å². The SMILES string of the molecule is C=CCCC(C=C)c1ccccc1C#Cc1ccccc1. The third kappa shape index (κ3) is 4.23. The van der Waals surface area contributed by atoms with Crippen molar-refractivity contribution in [1.29, 1.82) is 0 Å². The molecule has 0 aromatic heterocycles. The van der Waals surface area contributed by atoms with Crippen molar-refractivity contribution >= 4 is 0 Å². The first-order valence-corrected chi connectivity index (χ1v) is 7.24. The van der Waals surface area contributed by atoms with Gasteiger partial charge in [0.1, 0.15) is 0 Å². The van der Waals surface area contributed by atoms with Crippen LogP contribution in [0.3, 0.4) is 0 Å². The molecule has 0 heterocycles. The summed E-state index contributed by atoms with van der Waals surface area (Å²) in [6, 6.07) is 18.4. The average molecular weight is 272 g/mol. The molecule has 21 heavy (non-hydrogen) atoms. The van der Waals surface area contributed by atoms with E-state index in [4.69, 9.17) is 0 Å². The highest BCUT2D eigenvalue weighted by Crippen LogP contribution is 2.25. The second-order valence-electron chi connectivity index (χ2n) is 4.91. The maximum absolute atomic E-state index is 3.97. The van der Waals surface area contributed by atoms with Crippen molar-refractivity contribution in [2.75, 3.05) is 0 Å². The molecule has 0 heteroatoms. The number of allylic oxidation sites excluding steroid dienone is 2. The number of benzene rings is 2. The van der Waals surface area contributed by atoms with Crippen molar-refractivity contribution < 1.29 is 0 Å². The maximum Gasteiger partial charge on any atom is 0.0287 e. The Hall–Kier alpha value is -2.52. The van der Waals surface area contributed by atoms with Gasteiger partial charge in [-0.3, -0.25) is 0 Å². The smallest absolute Gasteiger partial charge is 0.0287 e. The van der Waals surface area contributed by atoms with Gasteiger partial charge in [-0.05, 0) is 36.6 Å². The molecule has 0 aliphatic rings. The summed E-state index contributed by atoms with van der Waals surface area (Å²) in [6.45, 7) is 7.76. The van der Waals surface area contributed by atoms with Crippen LogP contribution < -0.4 is 0 Å². The van der Waals surface area contributed by atoms with E-state index >= 15 is 0 Å². The second kappa shape index (κ2) is 7.92. The number of rotatable bonds is 5. The van der Waals surface area contributed by atoms with Crippen molar-refractivity contribution in [2.45, 2.75) is 18.8 Å². The van der Waals surface area contributed by atoms with Gasteiger partial charge in [-0.15, -0.1) is 13.2 Å². The van der Waals surface area contributed by atoms with Gasteiger partial charge in [0.05, 0.1) is 0 Å². The standard InChI is InChI=1S/C21H20/c1-3-5-13-19(4-2)21-15-10-9-14-20(21)17-16-18-11-7-6-8-12-18/h3-4,6-12,14-15,19H,1-2,5,13H2. The second-order valence-corrected chi connectivity index (χ2v) is 4.91. The first-order chi connectivity index (χ1) is 10.3. The lowest BCUT2D eigenvalue weighted by molar-refractivity contribution is 0.751. The minimum atomic E-state index is 0.323. The van der Waals surface area contributed by atoms with Crippen molar-refractivity contribution in [2.24, 2.45) is 0 Å². The van der Waals surface area contributed by atoms with E-state index in [1.54, 1.807) is 0 Å². The molecule has 0 bridgehead atoms. The first kappa shape index (κ1) is 14.9. The molecule has 0 spiro atoms. The molecule has 0 N–H and O–H groups in total. The first-order valence-electron chi connectivity index (χ1n) is 7.24. The predicted octanol–water partition coefficient (Wildman–Crippen LogP) is 5.32. The Bertz CT molecular complexity index is 653. The Morgan fingerprint density at radius 2 is 1.62 bits per heavy atom. The van der Waals surface area contributed by atoms with Crippen molar-refractivity contribution in [1.82, 2.24) is 0 Å². The molecule has 0 saturated carbocycles. The van der Waals surface area contributed by atoms with Crippen LogP contribution in [0, 0.1) is 11.8 Å². The monoisotopic (exact) mass is 272 g/mol. The summed E-state index contributed by atoms with van der Waals surface area (Å²) in [7, 11) is 0. The summed E-state index contributed by atoms with van der Waals surface area (Å²) in [4.78, 5) is 0. The lowest BCUT2D eigenvalue weighted by Gasteiger charge is -2.13. The zero-order valence-electron chi connectivity index (χ0n) is 12.3. The Labute approximate surface area is 127 Å². The normalized spacial score (nSPS) is 11.0. The summed E-state index contributed by atoms with van der Waals surface area (Å²) in [5.74, 6) is 6.85. The van der Waals surface area contributed by atoms with Crippen LogP contribution in [0.4, 0.5) is 0 Å². The highest BCUT2D eigenvalue weighted by molar-refractivity contribution is 5.48. The van der Waals surface area contributed by atoms with Crippen molar-refractivity contribution in [3.05, 3.63) is 96.6 Å². The third-order valence-corrected chi connectivity index (χ3v) is 3.44. The Morgan fingerprint density at radius 3 is 2.33 bits per heavy atom. The van der Waals surface area contributed by atoms with Crippen LogP contribution in [-0.4, -0.2) is 0 Å². The molecule has 0 amide bonds. The highest BCUT2D eigenvalue weighted by Gasteiger charge is 2.09. The highest BCUT2D eigenvalue weighted by atomic mass is 14.1. The minimum absolute atomic E-state index is 0.323. The van der Waals surface area contributed by atoms with E-state index in [1.165, 1.54) is 5.56 Å². The van der Waals surface area contributed by atoms with Crippen LogP contribution in [0.1, 0.15) is 35.4 Å². The fourth-order valence-electron chi connectivity index (χ4n) is 2.29. The van der Waals surface area contributed by atoms with E-state index in [9.17, 15) is 0 Å². The molecule has 0 nitrogen and oxygen atoms in total. The molecule has 2 aromatic carbocycles. The summed E-state index contributed by atoms with van der Waals surface area (Å²) in [5, 5.41) is 0. The molecule has 2 rings (SSSR count). The summed E-state index contributed by atoms with van der Waals surface area (Å²) in [6.07, 6.45) is 5.97. The molecular weight excluding hydrogens is 252 g/mol. The molecule has 1 unspecified atom stereocenters. The van der Waals surface area contributed by atoms with E-state index in [-0.39, 0.29) is 0 Å². The molecule has 0 saturated heterocycles. The Balaban J connectivity index is 2.30. The van der Waals surface area contributed by atoms with Gasteiger partial charge in [0.25, 0.3) is 0 Å². The third-order valence-electron chi connectivity index (χ3n) is 3.44. The quantitative estimate of drug-likeness (QED) is 0.510. The topological polar surface area (TPSA) is 0 Å². The number of hydrogen-bond acceptors (Lipinski definition) is 0. The van der Waals surface area contributed by atoms with Gasteiger partial charge < -0.3 is 0 Å². The fourth-order valence-corrected chi connectivity index (χ4v) is 2.29. The van der Waals surface area contributed by atoms with Gasteiger partial charge in [-0.1, -0.05) is 60.4 Å². The maximum atomic E-state index is 3.97. The van der Waals surface area contributed by atoms with Gasteiger partial charge in [-0.25, -0.2) is 0 Å². The van der Waals surface area contributed by atoms with Gasteiger partial charge in [0.15, 0.2) is 0 Å². The van der Waals surface area contributed by atoms with E-state index < -0.39 is 0 Å². The molecule has 0 aliphatic heterocycles. The van der Waals surface area contributed by atoms with Crippen LogP contribution in [0.5, 0.6) is 0 Å². The Morgan fingerprint density at radius 1 is 0.905 bits per heavy atom. The summed E-state index contributed by atoms with van der Waals surface area (Å²) in [5.41, 5.74) is 3.36. The minimum Gasteiger partial charge on any atom is -0.103 e. The van der Waals surface area contributed by atoms with Crippen molar-refractivity contribution in [3.63, 3.8) is 0 Å². The van der Waals surface area contributed by atoms with Crippen LogP contribution >= 0.6 is 0 Å². The number of hydrogen-bond donors (Lipinski definition) is 0. The summed E-state index contributed by atoms with van der Waals surface area (Å²) >= 11 is 0. The average Bonchev–Trinajstić information content (AvgIpc) is 2.55. The molecule has 2 aromatic rings. The Kier molecular flexibility index (Phi) is 5.61.